The summed E-state index contributed by atoms with van der Waals surface area (Å²) in [6, 6.07) is 15.9. The number of nitro groups is 1. The highest BCUT2D eigenvalue weighted by atomic mass is 35.5. The summed E-state index contributed by atoms with van der Waals surface area (Å²) < 4.78 is 29.1. The number of aryl methyl sites for hydroxylation is 1. The van der Waals surface area contributed by atoms with E-state index >= 15 is 0 Å². The van der Waals surface area contributed by atoms with Crippen LogP contribution in [0, 0.1) is 17.0 Å². The summed E-state index contributed by atoms with van der Waals surface area (Å²) in [6.45, 7) is 5.72. The van der Waals surface area contributed by atoms with Gasteiger partial charge in [0.15, 0.2) is 6.17 Å². The van der Waals surface area contributed by atoms with Gasteiger partial charge >= 0.3 is 0 Å². The molecule has 0 aromatic heterocycles. The van der Waals surface area contributed by atoms with E-state index in [0.717, 1.165) is 9.87 Å². The number of hydrogen-bond acceptors (Lipinski definition) is 5. The van der Waals surface area contributed by atoms with E-state index in [9.17, 15) is 18.5 Å². The Hall–Kier alpha value is -3.07. The number of benzene rings is 3. The molecule has 0 fully saturated rings. The Bertz CT molecular complexity index is 1460. The van der Waals surface area contributed by atoms with E-state index in [-0.39, 0.29) is 21.2 Å². The SMILES string of the molecule is C=C[C@@H]1c2ccc(Cl)cc2N[C@@H]2N(S(=O)(=O)c3ccc(C)cc3)c3c(Cl)cccc3[C@]12[N+](=O)[O-]. The van der Waals surface area contributed by atoms with E-state index in [2.05, 4.69) is 11.9 Å². The molecule has 0 radical (unpaired) electrons. The maximum atomic E-state index is 14.0. The van der Waals surface area contributed by atoms with E-state index < -0.39 is 32.6 Å². The third kappa shape index (κ3) is 2.92. The highest BCUT2D eigenvalue weighted by Crippen LogP contribution is 2.60. The lowest BCUT2D eigenvalue weighted by Gasteiger charge is -2.41. The van der Waals surface area contributed by atoms with Crippen LogP contribution < -0.4 is 9.62 Å². The molecule has 3 atom stereocenters. The molecule has 2 aliphatic heterocycles. The summed E-state index contributed by atoms with van der Waals surface area (Å²) in [5, 5.41) is 16.6. The van der Waals surface area contributed by atoms with Gasteiger partial charge in [0.05, 0.1) is 27.1 Å². The van der Waals surface area contributed by atoms with Crippen LogP contribution in [0.2, 0.25) is 10.0 Å². The van der Waals surface area contributed by atoms with Gasteiger partial charge in [0, 0.05) is 15.6 Å². The summed E-state index contributed by atoms with van der Waals surface area (Å²) in [5.41, 5.74) is 0.319. The fraction of sp³-hybridized carbons (Fsp3) is 0.167. The minimum atomic E-state index is -4.26. The van der Waals surface area contributed by atoms with Crippen LogP contribution in [0.5, 0.6) is 0 Å². The summed E-state index contributed by atoms with van der Waals surface area (Å²) >= 11 is 12.7. The molecule has 174 valence electrons. The Morgan fingerprint density at radius 1 is 1.15 bits per heavy atom. The fourth-order valence-electron chi connectivity index (χ4n) is 5.03. The topological polar surface area (TPSA) is 92.6 Å². The van der Waals surface area contributed by atoms with Crippen LogP contribution in [-0.4, -0.2) is 19.5 Å². The molecule has 0 spiro atoms. The Morgan fingerprint density at radius 2 is 1.85 bits per heavy atom. The van der Waals surface area contributed by atoms with Crippen LogP contribution in [0.3, 0.4) is 0 Å². The number of rotatable bonds is 4. The number of sulfonamides is 1. The number of fused-ring (bicyclic) bond motifs is 4. The van der Waals surface area contributed by atoms with Crippen molar-refractivity contribution >= 4 is 44.6 Å². The summed E-state index contributed by atoms with van der Waals surface area (Å²) in [6.07, 6.45) is 0.161. The Kier molecular flexibility index (Phi) is 5.16. The molecule has 0 saturated heterocycles. The molecule has 0 amide bonds. The first-order valence-electron chi connectivity index (χ1n) is 10.4. The summed E-state index contributed by atoms with van der Waals surface area (Å²) in [7, 11) is -4.26. The zero-order valence-corrected chi connectivity index (χ0v) is 20.2. The van der Waals surface area contributed by atoms with E-state index in [0.29, 0.717) is 16.3 Å². The smallest absolute Gasteiger partial charge is 0.298 e. The highest BCUT2D eigenvalue weighted by Gasteiger charge is 2.70. The number of nitrogens with one attached hydrogen (secondary N) is 1. The van der Waals surface area contributed by atoms with Crippen molar-refractivity contribution in [2.75, 3.05) is 9.62 Å². The first-order chi connectivity index (χ1) is 16.1. The number of para-hydroxylation sites is 1. The zero-order valence-electron chi connectivity index (χ0n) is 17.9. The monoisotopic (exact) mass is 515 g/mol. The molecule has 2 heterocycles. The van der Waals surface area contributed by atoms with E-state index in [4.69, 9.17) is 23.2 Å². The van der Waals surface area contributed by atoms with Gasteiger partial charge in [-0.05, 0) is 48.9 Å². The Labute approximate surface area is 206 Å². The molecule has 34 heavy (non-hydrogen) atoms. The molecule has 10 heteroatoms. The number of nitrogens with zero attached hydrogens (tertiary/aromatic N) is 2. The van der Waals surface area contributed by atoms with Gasteiger partial charge in [-0.2, -0.15) is 0 Å². The second kappa shape index (κ2) is 7.73. The molecule has 0 bridgehead atoms. The maximum Gasteiger partial charge on any atom is 0.298 e. The van der Waals surface area contributed by atoms with Crippen LogP contribution in [0.4, 0.5) is 11.4 Å². The normalized spacial score (nSPS) is 22.9. The maximum absolute atomic E-state index is 14.0. The molecule has 5 rings (SSSR count). The molecule has 3 aromatic carbocycles. The van der Waals surface area contributed by atoms with Gasteiger partial charge in [-0.15, -0.1) is 6.58 Å². The van der Waals surface area contributed by atoms with Crippen molar-refractivity contribution in [2.45, 2.75) is 29.4 Å². The van der Waals surface area contributed by atoms with E-state index in [1.165, 1.54) is 24.3 Å². The Balaban J connectivity index is 1.86. The van der Waals surface area contributed by atoms with Crippen molar-refractivity contribution in [3.05, 3.63) is 110 Å². The lowest BCUT2D eigenvalue weighted by atomic mass is 9.71. The minimum Gasteiger partial charge on any atom is -0.358 e. The van der Waals surface area contributed by atoms with Crippen molar-refractivity contribution in [1.82, 2.24) is 0 Å². The van der Waals surface area contributed by atoms with Gasteiger partial charge in [0.2, 0.25) is 0 Å². The first-order valence-corrected chi connectivity index (χ1v) is 12.6. The van der Waals surface area contributed by atoms with Gasteiger partial charge in [0.25, 0.3) is 15.6 Å². The van der Waals surface area contributed by atoms with Crippen molar-refractivity contribution in [2.24, 2.45) is 0 Å². The molecule has 0 unspecified atom stereocenters. The second-order valence-corrected chi connectivity index (χ2v) is 11.0. The average molecular weight is 516 g/mol. The molecule has 1 N–H and O–H groups in total. The summed E-state index contributed by atoms with van der Waals surface area (Å²) in [5.74, 6) is -0.864. The lowest BCUT2D eigenvalue weighted by molar-refractivity contribution is -0.583. The predicted molar refractivity (Wildman–Crippen MR) is 133 cm³/mol. The van der Waals surface area contributed by atoms with Crippen molar-refractivity contribution in [1.29, 1.82) is 0 Å². The average Bonchev–Trinajstić information content (AvgIpc) is 3.10. The Morgan fingerprint density at radius 3 is 2.50 bits per heavy atom. The lowest BCUT2D eigenvalue weighted by Crippen LogP contribution is -2.60. The van der Waals surface area contributed by atoms with E-state index in [1.807, 2.05) is 6.92 Å². The van der Waals surface area contributed by atoms with Crippen molar-refractivity contribution < 1.29 is 13.3 Å². The minimum absolute atomic E-state index is 0.00281. The quantitative estimate of drug-likeness (QED) is 0.273. The van der Waals surface area contributed by atoms with Gasteiger partial charge in [0.1, 0.15) is 0 Å². The van der Waals surface area contributed by atoms with Crippen LogP contribution in [0.15, 0.2) is 78.2 Å². The van der Waals surface area contributed by atoms with Gasteiger partial charge in [-0.3, -0.25) is 10.1 Å². The largest absolute Gasteiger partial charge is 0.358 e. The molecular weight excluding hydrogens is 497 g/mol. The molecule has 7 nitrogen and oxygen atoms in total. The second-order valence-electron chi connectivity index (χ2n) is 8.32. The standard InChI is InChI=1S/C24H19Cl2N3O4S/c1-3-18-17-12-9-15(25)13-21(17)27-23-24(18,29(30)31)19-5-4-6-20(26)22(19)28(23)34(32,33)16-10-7-14(2)8-11-16/h3-13,18,23,27H,1H2,2H3/t18-,23-,24-/m1/s1. The van der Waals surface area contributed by atoms with Crippen LogP contribution >= 0.6 is 23.2 Å². The zero-order chi connectivity index (χ0) is 24.4. The molecule has 0 aliphatic carbocycles. The molecule has 2 aliphatic rings. The molecular formula is C24H19Cl2N3O4S. The van der Waals surface area contributed by atoms with Crippen molar-refractivity contribution in [3.8, 4) is 0 Å². The van der Waals surface area contributed by atoms with Gasteiger partial charge in [-0.25, -0.2) is 12.7 Å². The van der Waals surface area contributed by atoms with Crippen LogP contribution in [0.25, 0.3) is 0 Å². The fourth-order valence-corrected chi connectivity index (χ4v) is 7.16. The van der Waals surface area contributed by atoms with E-state index in [1.54, 1.807) is 42.5 Å². The number of hydrogen-bond donors (Lipinski definition) is 1. The highest BCUT2D eigenvalue weighted by molar-refractivity contribution is 7.93. The van der Waals surface area contributed by atoms with Crippen molar-refractivity contribution in [3.63, 3.8) is 0 Å². The molecule has 0 saturated carbocycles. The summed E-state index contributed by atoms with van der Waals surface area (Å²) in [4.78, 5) is 12.5. The van der Waals surface area contributed by atoms with Gasteiger partial charge in [-0.1, -0.05) is 59.1 Å². The first kappa shape index (κ1) is 22.7. The number of halogens is 2. The third-order valence-electron chi connectivity index (χ3n) is 6.52. The third-order valence-corrected chi connectivity index (χ3v) is 8.84. The number of anilines is 2. The van der Waals surface area contributed by atoms with Crippen LogP contribution in [0.1, 0.15) is 22.6 Å². The predicted octanol–water partition coefficient (Wildman–Crippen LogP) is 5.70. The molecule has 3 aromatic rings. The van der Waals surface area contributed by atoms with Crippen LogP contribution in [-0.2, 0) is 15.6 Å². The van der Waals surface area contributed by atoms with Gasteiger partial charge < -0.3 is 5.32 Å².